The third-order valence-corrected chi connectivity index (χ3v) is 10.00. The maximum atomic E-state index is 13.6. The van der Waals surface area contributed by atoms with Gasteiger partial charge in [-0.2, -0.15) is 0 Å². The molecule has 8 nitrogen and oxygen atoms in total. The lowest BCUT2D eigenvalue weighted by Crippen LogP contribution is -2.58. The van der Waals surface area contributed by atoms with Crippen LogP contribution in [-0.2, 0) is 19.7 Å². The van der Waals surface area contributed by atoms with Gasteiger partial charge in [-0.15, -0.1) is 0 Å². The van der Waals surface area contributed by atoms with Crippen LogP contribution in [0.5, 0.6) is 0 Å². The van der Waals surface area contributed by atoms with Gasteiger partial charge in [-0.05, 0) is 74.5 Å². The Labute approximate surface area is 195 Å². The van der Waals surface area contributed by atoms with Crippen molar-refractivity contribution in [2.45, 2.75) is 43.4 Å². The highest BCUT2D eigenvalue weighted by Crippen LogP contribution is 2.60. The Morgan fingerprint density at radius 2 is 1.52 bits per heavy atom. The number of hydrogen-bond donors (Lipinski definition) is 0. The highest BCUT2D eigenvalue weighted by molar-refractivity contribution is 7.89. The third-order valence-electron chi connectivity index (χ3n) is 8.32. The molecule has 6 rings (SSSR count). The van der Waals surface area contributed by atoms with Gasteiger partial charge in [0.2, 0.25) is 5.91 Å². The molecule has 0 atom stereocenters. The van der Waals surface area contributed by atoms with Crippen LogP contribution in [0, 0.1) is 23.2 Å². The smallest absolute Gasteiger partial charge is 0.264 e. The minimum atomic E-state index is -3.83. The number of hydrogen-bond acceptors (Lipinski definition) is 5. The Morgan fingerprint density at radius 1 is 0.970 bits per heavy atom. The SMILES string of the molecule is CON(C)S(=O)(=O)c1cccc(C(=O)N2CCN(C(=O)C34CC5CC(CC(C5)C3)C4)CC2)c1. The first kappa shape index (κ1) is 22.8. The molecular formula is C24H33N3O5S. The van der Waals surface area contributed by atoms with Crippen LogP contribution in [0.3, 0.4) is 0 Å². The maximum Gasteiger partial charge on any atom is 0.264 e. The Balaban J connectivity index is 1.24. The first-order valence-corrected chi connectivity index (χ1v) is 13.4. The van der Waals surface area contributed by atoms with E-state index in [9.17, 15) is 18.0 Å². The number of hydroxylamine groups is 1. The van der Waals surface area contributed by atoms with E-state index in [0.717, 1.165) is 41.5 Å². The van der Waals surface area contributed by atoms with Crippen molar-refractivity contribution in [2.75, 3.05) is 40.3 Å². The summed E-state index contributed by atoms with van der Waals surface area (Å²) in [6.45, 7) is 2.01. The molecule has 1 heterocycles. The zero-order valence-corrected chi connectivity index (χ0v) is 20.2. The molecule has 0 aromatic heterocycles. The topological polar surface area (TPSA) is 87.2 Å². The average Bonchev–Trinajstić information content (AvgIpc) is 2.82. The summed E-state index contributed by atoms with van der Waals surface area (Å²) < 4.78 is 25.8. The van der Waals surface area contributed by atoms with Crippen LogP contribution in [0.15, 0.2) is 29.2 Å². The summed E-state index contributed by atoms with van der Waals surface area (Å²) >= 11 is 0. The van der Waals surface area contributed by atoms with Gasteiger partial charge < -0.3 is 9.80 Å². The van der Waals surface area contributed by atoms with Crippen molar-refractivity contribution in [1.82, 2.24) is 14.3 Å². The van der Waals surface area contributed by atoms with Crippen molar-refractivity contribution < 1.29 is 22.8 Å². The summed E-state index contributed by atoms with van der Waals surface area (Å²) in [5.41, 5.74) is 0.165. The van der Waals surface area contributed by atoms with E-state index in [0.29, 0.717) is 37.6 Å². The summed E-state index contributed by atoms with van der Waals surface area (Å²) in [6.07, 6.45) is 7.08. The van der Waals surface area contributed by atoms with Gasteiger partial charge in [-0.25, -0.2) is 8.42 Å². The highest BCUT2D eigenvalue weighted by Gasteiger charge is 2.55. The molecule has 1 saturated heterocycles. The molecule has 0 spiro atoms. The predicted molar refractivity (Wildman–Crippen MR) is 121 cm³/mol. The molecule has 2 amide bonds. The van der Waals surface area contributed by atoms with Gasteiger partial charge in [0, 0.05) is 38.8 Å². The van der Waals surface area contributed by atoms with E-state index in [1.807, 2.05) is 4.90 Å². The van der Waals surface area contributed by atoms with Gasteiger partial charge in [-0.3, -0.25) is 14.4 Å². The number of rotatable bonds is 5. The van der Waals surface area contributed by atoms with Gasteiger partial charge in [0.05, 0.1) is 17.4 Å². The summed E-state index contributed by atoms with van der Waals surface area (Å²) in [4.78, 5) is 35.2. The molecule has 1 aliphatic heterocycles. The number of amides is 2. The Kier molecular flexibility index (Phi) is 5.77. The molecule has 0 radical (unpaired) electrons. The summed E-state index contributed by atoms with van der Waals surface area (Å²) in [7, 11) is -1.25. The number of carbonyl (C=O) groups is 2. The van der Waals surface area contributed by atoms with E-state index in [1.165, 1.54) is 45.6 Å². The zero-order valence-electron chi connectivity index (χ0n) is 19.4. The van der Waals surface area contributed by atoms with E-state index in [1.54, 1.807) is 17.0 Å². The summed E-state index contributed by atoms with van der Waals surface area (Å²) in [6, 6.07) is 6.03. The number of benzene rings is 1. The van der Waals surface area contributed by atoms with Crippen LogP contribution in [-0.4, -0.2) is 74.8 Å². The molecule has 33 heavy (non-hydrogen) atoms. The molecule has 0 unspecified atom stereocenters. The van der Waals surface area contributed by atoms with Crippen LogP contribution in [0.4, 0.5) is 0 Å². The summed E-state index contributed by atoms with van der Waals surface area (Å²) in [5.74, 6) is 2.27. The summed E-state index contributed by atoms with van der Waals surface area (Å²) in [5, 5.41) is 0. The van der Waals surface area contributed by atoms with Crippen molar-refractivity contribution in [3.05, 3.63) is 29.8 Å². The number of piperazine rings is 1. The molecule has 9 heteroatoms. The quantitative estimate of drug-likeness (QED) is 0.610. The van der Waals surface area contributed by atoms with Crippen LogP contribution < -0.4 is 0 Å². The van der Waals surface area contributed by atoms with Gasteiger partial charge in [0.1, 0.15) is 0 Å². The molecule has 1 aromatic rings. The van der Waals surface area contributed by atoms with Crippen molar-refractivity contribution >= 4 is 21.8 Å². The lowest BCUT2D eigenvalue weighted by Gasteiger charge is -2.57. The first-order chi connectivity index (χ1) is 15.7. The van der Waals surface area contributed by atoms with E-state index < -0.39 is 10.0 Å². The van der Waals surface area contributed by atoms with E-state index in [2.05, 4.69) is 0 Å². The second-order valence-electron chi connectivity index (χ2n) is 10.4. The second-order valence-corrected chi connectivity index (χ2v) is 12.3. The number of sulfonamides is 1. The van der Waals surface area contributed by atoms with Crippen LogP contribution in [0.1, 0.15) is 48.9 Å². The monoisotopic (exact) mass is 475 g/mol. The van der Waals surface area contributed by atoms with E-state index in [-0.39, 0.29) is 16.2 Å². The van der Waals surface area contributed by atoms with Gasteiger partial charge in [0.15, 0.2) is 0 Å². The standard InChI is InChI=1S/C24H33N3O5S/c1-25(32-2)33(30,31)21-5-3-4-20(13-21)22(28)26-6-8-27(9-7-26)23(29)24-14-17-10-18(15-24)12-19(11-17)16-24/h3-5,13,17-19H,6-12,14-16H2,1-2H3. The molecule has 180 valence electrons. The van der Waals surface area contributed by atoms with Gasteiger partial charge >= 0.3 is 0 Å². The zero-order chi connectivity index (χ0) is 23.4. The molecule has 5 aliphatic rings. The molecule has 4 bridgehead atoms. The average molecular weight is 476 g/mol. The van der Waals surface area contributed by atoms with Crippen molar-refractivity contribution in [1.29, 1.82) is 0 Å². The van der Waals surface area contributed by atoms with Gasteiger partial charge in [-0.1, -0.05) is 10.5 Å². The fourth-order valence-electron chi connectivity index (χ4n) is 7.04. The Hall–Kier alpha value is -1.97. The minimum Gasteiger partial charge on any atom is -0.339 e. The predicted octanol–water partition coefficient (Wildman–Crippen LogP) is 2.37. The molecule has 1 aromatic carbocycles. The lowest BCUT2D eigenvalue weighted by molar-refractivity contribution is -0.159. The Bertz CT molecular complexity index is 1010. The van der Waals surface area contributed by atoms with Crippen LogP contribution >= 0.6 is 0 Å². The Morgan fingerprint density at radius 3 is 2.06 bits per heavy atom. The van der Waals surface area contributed by atoms with Crippen LogP contribution in [0.2, 0.25) is 0 Å². The lowest BCUT2D eigenvalue weighted by atomic mass is 9.49. The normalized spacial score (nSPS) is 31.3. The molecular weight excluding hydrogens is 442 g/mol. The first-order valence-electron chi connectivity index (χ1n) is 11.9. The highest BCUT2D eigenvalue weighted by atomic mass is 32.2. The van der Waals surface area contributed by atoms with E-state index >= 15 is 0 Å². The maximum absolute atomic E-state index is 13.6. The fraction of sp³-hybridized carbons (Fsp3) is 0.667. The molecule has 4 saturated carbocycles. The van der Waals surface area contributed by atoms with Crippen molar-refractivity contribution in [2.24, 2.45) is 23.2 Å². The molecule has 5 fully saturated rings. The van der Waals surface area contributed by atoms with E-state index in [4.69, 9.17) is 4.84 Å². The fourth-order valence-corrected chi connectivity index (χ4v) is 8.06. The second kappa shape index (κ2) is 8.36. The molecule has 4 aliphatic carbocycles. The third kappa shape index (κ3) is 3.98. The largest absolute Gasteiger partial charge is 0.339 e. The van der Waals surface area contributed by atoms with Crippen molar-refractivity contribution in [3.8, 4) is 0 Å². The van der Waals surface area contributed by atoms with Crippen LogP contribution in [0.25, 0.3) is 0 Å². The molecule has 0 N–H and O–H groups in total. The minimum absolute atomic E-state index is 0.00771. The van der Waals surface area contributed by atoms with Crippen molar-refractivity contribution in [3.63, 3.8) is 0 Å². The number of carbonyl (C=O) groups excluding carboxylic acids is 2. The number of nitrogens with zero attached hydrogens (tertiary/aromatic N) is 3. The van der Waals surface area contributed by atoms with Gasteiger partial charge in [0.25, 0.3) is 15.9 Å².